The molecular formula is C9H10ClNO3. The molecule has 0 radical (unpaired) electrons. The highest BCUT2D eigenvalue weighted by atomic mass is 35.5. The van der Waals surface area contributed by atoms with Crippen LogP contribution in [-0.4, -0.2) is 18.6 Å². The van der Waals surface area contributed by atoms with Crippen LogP contribution < -0.4 is 5.32 Å². The summed E-state index contributed by atoms with van der Waals surface area (Å²) in [7, 11) is 0. The SMILES string of the molecule is O=C(NC=Cc1ccco1)OCCCl. The van der Waals surface area contributed by atoms with E-state index in [1.807, 2.05) is 0 Å². The molecule has 76 valence electrons. The predicted octanol–water partition coefficient (Wildman–Crippen LogP) is 2.22. The first-order valence-electron chi connectivity index (χ1n) is 4.02. The second-order valence-electron chi connectivity index (χ2n) is 2.32. The van der Waals surface area contributed by atoms with Crippen molar-refractivity contribution in [1.29, 1.82) is 0 Å². The number of hydrogen-bond donors (Lipinski definition) is 1. The Morgan fingerprint density at radius 1 is 1.71 bits per heavy atom. The molecule has 0 saturated heterocycles. The number of ether oxygens (including phenoxy) is 1. The number of carbonyl (C=O) groups excluding carboxylic acids is 1. The summed E-state index contributed by atoms with van der Waals surface area (Å²) in [4.78, 5) is 10.9. The summed E-state index contributed by atoms with van der Waals surface area (Å²) in [5.41, 5.74) is 0. The maximum atomic E-state index is 10.9. The first-order valence-corrected chi connectivity index (χ1v) is 4.55. The van der Waals surface area contributed by atoms with E-state index in [0.29, 0.717) is 5.76 Å². The highest BCUT2D eigenvalue weighted by molar-refractivity contribution is 6.18. The van der Waals surface area contributed by atoms with E-state index in [1.165, 1.54) is 6.20 Å². The largest absolute Gasteiger partial charge is 0.465 e. The Morgan fingerprint density at radius 3 is 3.21 bits per heavy atom. The van der Waals surface area contributed by atoms with Crippen molar-refractivity contribution in [1.82, 2.24) is 5.32 Å². The van der Waals surface area contributed by atoms with Gasteiger partial charge in [0.25, 0.3) is 0 Å². The molecule has 0 aliphatic rings. The zero-order valence-electron chi connectivity index (χ0n) is 7.40. The van der Waals surface area contributed by atoms with E-state index < -0.39 is 6.09 Å². The van der Waals surface area contributed by atoms with Crippen LogP contribution in [0.2, 0.25) is 0 Å². The van der Waals surface area contributed by atoms with Gasteiger partial charge in [0.15, 0.2) is 0 Å². The third-order valence-corrected chi connectivity index (χ3v) is 1.46. The van der Waals surface area contributed by atoms with Crippen molar-refractivity contribution >= 4 is 23.8 Å². The van der Waals surface area contributed by atoms with Gasteiger partial charge in [-0.15, -0.1) is 11.6 Å². The van der Waals surface area contributed by atoms with Crippen molar-refractivity contribution in [3.63, 3.8) is 0 Å². The van der Waals surface area contributed by atoms with E-state index in [0.717, 1.165) is 0 Å². The zero-order valence-corrected chi connectivity index (χ0v) is 8.16. The summed E-state index contributed by atoms with van der Waals surface area (Å²) in [5, 5.41) is 2.40. The summed E-state index contributed by atoms with van der Waals surface area (Å²) in [5.74, 6) is 0.942. The van der Waals surface area contributed by atoms with Crippen LogP contribution in [0.25, 0.3) is 6.08 Å². The Bertz CT molecular complexity index is 295. The quantitative estimate of drug-likeness (QED) is 0.784. The average Bonchev–Trinajstić information content (AvgIpc) is 2.67. The van der Waals surface area contributed by atoms with Crippen LogP contribution >= 0.6 is 11.6 Å². The third kappa shape index (κ3) is 4.00. The molecule has 4 nitrogen and oxygen atoms in total. The number of nitrogens with one attached hydrogen (secondary N) is 1. The topological polar surface area (TPSA) is 51.5 Å². The van der Waals surface area contributed by atoms with Crippen LogP contribution in [0.1, 0.15) is 5.76 Å². The van der Waals surface area contributed by atoms with Crippen LogP contribution in [0.5, 0.6) is 0 Å². The number of halogens is 1. The summed E-state index contributed by atoms with van der Waals surface area (Å²) in [6.07, 6.45) is 4.07. The van der Waals surface area contributed by atoms with E-state index in [2.05, 4.69) is 10.1 Å². The van der Waals surface area contributed by atoms with Crippen LogP contribution in [0.3, 0.4) is 0 Å². The van der Waals surface area contributed by atoms with Gasteiger partial charge in [-0.3, -0.25) is 5.32 Å². The van der Waals surface area contributed by atoms with Gasteiger partial charge < -0.3 is 9.15 Å². The Balaban J connectivity index is 2.23. The molecule has 0 spiro atoms. The fourth-order valence-electron chi connectivity index (χ4n) is 0.751. The minimum atomic E-state index is -0.534. The highest BCUT2D eigenvalue weighted by Crippen LogP contribution is 2.00. The van der Waals surface area contributed by atoms with Crippen LogP contribution in [-0.2, 0) is 4.74 Å². The van der Waals surface area contributed by atoms with Gasteiger partial charge in [0.2, 0.25) is 0 Å². The Kier molecular flexibility index (Phi) is 4.64. The molecular weight excluding hydrogens is 206 g/mol. The molecule has 0 saturated carbocycles. The lowest BCUT2D eigenvalue weighted by atomic mass is 10.4. The molecule has 0 unspecified atom stereocenters. The molecule has 1 heterocycles. The van der Waals surface area contributed by atoms with Gasteiger partial charge in [-0.25, -0.2) is 4.79 Å². The first-order chi connectivity index (χ1) is 6.83. The van der Waals surface area contributed by atoms with Gasteiger partial charge in [0.1, 0.15) is 12.4 Å². The molecule has 0 fully saturated rings. The van der Waals surface area contributed by atoms with E-state index in [4.69, 9.17) is 16.0 Å². The predicted molar refractivity (Wildman–Crippen MR) is 52.9 cm³/mol. The molecule has 0 aromatic carbocycles. The normalized spacial score (nSPS) is 10.4. The molecule has 5 heteroatoms. The summed E-state index contributed by atoms with van der Waals surface area (Å²) < 4.78 is 9.64. The van der Waals surface area contributed by atoms with E-state index >= 15 is 0 Å². The van der Waals surface area contributed by atoms with Gasteiger partial charge in [-0.1, -0.05) is 0 Å². The minimum absolute atomic E-state index is 0.196. The maximum absolute atomic E-state index is 10.9. The lowest BCUT2D eigenvalue weighted by Gasteiger charge is -1.99. The lowest BCUT2D eigenvalue weighted by molar-refractivity contribution is 0.157. The van der Waals surface area contributed by atoms with E-state index in [1.54, 1.807) is 24.5 Å². The summed E-state index contributed by atoms with van der Waals surface area (Å²) in [6.45, 7) is 0.196. The Labute approximate surface area is 86.5 Å². The zero-order chi connectivity index (χ0) is 10.2. The number of rotatable bonds is 4. The fourth-order valence-corrected chi connectivity index (χ4v) is 0.828. The van der Waals surface area contributed by atoms with Gasteiger partial charge in [0.05, 0.1) is 12.1 Å². The molecule has 1 amide bonds. The standard InChI is InChI=1S/C9H10ClNO3/c10-4-7-14-9(12)11-5-3-8-2-1-6-13-8/h1-3,5-6H,4,7H2,(H,11,12). The lowest BCUT2D eigenvalue weighted by Crippen LogP contribution is -2.19. The van der Waals surface area contributed by atoms with Gasteiger partial charge in [0, 0.05) is 6.20 Å². The molecule has 0 atom stereocenters. The van der Waals surface area contributed by atoms with Crippen LogP contribution in [0.15, 0.2) is 29.0 Å². The number of hydrogen-bond acceptors (Lipinski definition) is 3. The average molecular weight is 216 g/mol. The Morgan fingerprint density at radius 2 is 2.57 bits per heavy atom. The van der Waals surface area contributed by atoms with Gasteiger partial charge in [-0.2, -0.15) is 0 Å². The van der Waals surface area contributed by atoms with Crippen molar-refractivity contribution in [2.45, 2.75) is 0 Å². The molecule has 1 aromatic rings. The second kappa shape index (κ2) is 6.10. The molecule has 0 aliphatic carbocycles. The van der Waals surface area contributed by atoms with Crippen molar-refractivity contribution in [3.05, 3.63) is 30.4 Å². The van der Waals surface area contributed by atoms with E-state index in [-0.39, 0.29) is 12.5 Å². The number of alkyl carbamates (subject to hydrolysis) is 1. The highest BCUT2D eigenvalue weighted by Gasteiger charge is 1.96. The summed E-state index contributed by atoms with van der Waals surface area (Å²) >= 11 is 5.32. The van der Waals surface area contributed by atoms with Crippen molar-refractivity contribution < 1.29 is 13.9 Å². The molecule has 1 N–H and O–H groups in total. The molecule has 1 aromatic heterocycles. The number of amides is 1. The molecule has 0 bridgehead atoms. The second-order valence-corrected chi connectivity index (χ2v) is 2.70. The van der Waals surface area contributed by atoms with Crippen molar-refractivity contribution in [3.8, 4) is 0 Å². The number of alkyl halides is 1. The van der Waals surface area contributed by atoms with Crippen LogP contribution in [0.4, 0.5) is 4.79 Å². The van der Waals surface area contributed by atoms with Crippen molar-refractivity contribution in [2.24, 2.45) is 0 Å². The van der Waals surface area contributed by atoms with Crippen LogP contribution in [0, 0.1) is 0 Å². The minimum Gasteiger partial charge on any atom is -0.465 e. The van der Waals surface area contributed by atoms with Gasteiger partial charge >= 0.3 is 6.09 Å². The molecule has 1 rings (SSSR count). The number of furan rings is 1. The van der Waals surface area contributed by atoms with E-state index in [9.17, 15) is 4.79 Å². The van der Waals surface area contributed by atoms with Gasteiger partial charge in [-0.05, 0) is 18.2 Å². The number of carbonyl (C=O) groups is 1. The third-order valence-electron chi connectivity index (χ3n) is 1.30. The smallest absolute Gasteiger partial charge is 0.411 e. The maximum Gasteiger partial charge on any atom is 0.411 e. The first kappa shape index (κ1) is 10.7. The Hall–Kier alpha value is -1.42. The molecule has 14 heavy (non-hydrogen) atoms. The monoisotopic (exact) mass is 215 g/mol. The fraction of sp³-hybridized carbons (Fsp3) is 0.222. The summed E-state index contributed by atoms with van der Waals surface area (Å²) in [6, 6.07) is 3.52. The molecule has 0 aliphatic heterocycles. The van der Waals surface area contributed by atoms with Crippen molar-refractivity contribution in [2.75, 3.05) is 12.5 Å².